The molecule has 0 saturated carbocycles. The summed E-state index contributed by atoms with van der Waals surface area (Å²) in [5, 5.41) is 13.2. The molecule has 18 heavy (non-hydrogen) atoms. The van der Waals surface area contributed by atoms with Gasteiger partial charge >= 0.3 is 6.18 Å². The Morgan fingerprint density at radius 3 is 2.56 bits per heavy atom. The van der Waals surface area contributed by atoms with Gasteiger partial charge < -0.3 is 11.1 Å². The largest absolute Gasteiger partial charge is 0.423 e. The predicted octanol–water partition coefficient (Wildman–Crippen LogP) is 2.37. The number of nitrogens with two attached hydrogens (primary N) is 1. The second-order valence-corrected chi connectivity index (χ2v) is 3.84. The first-order valence-electron chi connectivity index (χ1n) is 5.07. The third-order valence-electron chi connectivity index (χ3n) is 2.13. The first-order valence-corrected chi connectivity index (χ1v) is 5.07. The van der Waals surface area contributed by atoms with Crippen LogP contribution in [0, 0.1) is 10.1 Å². The van der Waals surface area contributed by atoms with E-state index < -0.39 is 22.4 Å². The van der Waals surface area contributed by atoms with Crippen LogP contribution in [0.4, 0.5) is 24.5 Å². The summed E-state index contributed by atoms with van der Waals surface area (Å²) in [4.78, 5) is 9.45. The number of alkyl halides is 3. The smallest absolute Gasteiger partial charge is 0.383 e. The molecule has 0 fully saturated rings. The second kappa shape index (κ2) is 5.21. The van der Waals surface area contributed by atoms with Crippen molar-refractivity contribution in [3.63, 3.8) is 0 Å². The van der Waals surface area contributed by atoms with E-state index in [1.165, 1.54) is 6.07 Å². The van der Waals surface area contributed by atoms with Gasteiger partial charge in [-0.15, -0.1) is 0 Å². The molecule has 3 N–H and O–H groups in total. The van der Waals surface area contributed by atoms with Crippen molar-refractivity contribution in [3.05, 3.63) is 33.9 Å². The van der Waals surface area contributed by atoms with E-state index >= 15 is 0 Å². The number of rotatable bonds is 4. The summed E-state index contributed by atoms with van der Waals surface area (Å²) >= 11 is 0. The molecule has 0 saturated heterocycles. The average molecular weight is 263 g/mol. The van der Waals surface area contributed by atoms with Gasteiger partial charge in [0.1, 0.15) is 5.56 Å². The van der Waals surface area contributed by atoms with Gasteiger partial charge in [0.15, 0.2) is 0 Å². The van der Waals surface area contributed by atoms with Crippen LogP contribution in [-0.2, 0) is 6.18 Å². The second-order valence-electron chi connectivity index (χ2n) is 3.84. The van der Waals surface area contributed by atoms with Gasteiger partial charge in [0.05, 0.1) is 4.92 Å². The molecule has 1 atom stereocenters. The Morgan fingerprint density at radius 2 is 2.11 bits per heavy atom. The molecule has 0 aliphatic carbocycles. The molecule has 0 aliphatic heterocycles. The molecule has 1 aromatic carbocycles. The van der Waals surface area contributed by atoms with Gasteiger partial charge in [-0.25, -0.2) is 0 Å². The number of nitrogens with zero attached hydrogens (tertiary/aromatic N) is 1. The van der Waals surface area contributed by atoms with Crippen LogP contribution in [0.5, 0.6) is 0 Å². The topological polar surface area (TPSA) is 81.2 Å². The van der Waals surface area contributed by atoms with E-state index in [4.69, 9.17) is 5.73 Å². The summed E-state index contributed by atoms with van der Waals surface area (Å²) in [6.07, 6.45) is -4.77. The van der Waals surface area contributed by atoms with Gasteiger partial charge in [-0.1, -0.05) is 0 Å². The molecule has 0 amide bonds. The van der Waals surface area contributed by atoms with Crippen molar-refractivity contribution in [1.29, 1.82) is 0 Å². The molecule has 1 unspecified atom stereocenters. The highest BCUT2D eigenvalue weighted by Crippen LogP contribution is 2.37. The van der Waals surface area contributed by atoms with Crippen LogP contribution < -0.4 is 11.1 Å². The third kappa shape index (κ3) is 3.59. The maximum Gasteiger partial charge on any atom is 0.423 e. The quantitative estimate of drug-likeness (QED) is 0.645. The van der Waals surface area contributed by atoms with Crippen molar-refractivity contribution in [2.24, 2.45) is 5.73 Å². The van der Waals surface area contributed by atoms with E-state index in [-0.39, 0.29) is 18.3 Å². The molecule has 5 nitrogen and oxygen atoms in total. The molecule has 0 spiro atoms. The summed E-state index contributed by atoms with van der Waals surface area (Å²) in [5.41, 5.74) is 3.35. The molecule has 0 aliphatic rings. The first kappa shape index (κ1) is 14.2. The average Bonchev–Trinajstić information content (AvgIpc) is 2.24. The molecule has 0 aromatic heterocycles. The minimum absolute atomic E-state index is 0.144. The first-order chi connectivity index (χ1) is 8.21. The van der Waals surface area contributed by atoms with Crippen molar-refractivity contribution < 1.29 is 18.1 Å². The van der Waals surface area contributed by atoms with Crippen molar-refractivity contribution in [1.82, 2.24) is 0 Å². The fourth-order valence-corrected chi connectivity index (χ4v) is 1.31. The number of nitro groups is 1. The van der Waals surface area contributed by atoms with E-state index in [1.54, 1.807) is 6.92 Å². The summed E-state index contributed by atoms with van der Waals surface area (Å²) in [5.74, 6) is 0. The van der Waals surface area contributed by atoms with Crippen LogP contribution in [0.25, 0.3) is 0 Å². The number of nitro benzene ring substituents is 1. The van der Waals surface area contributed by atoms with Gasteiger partial charge in [-0.05, 0) is 19.1 Å². The standard InChI is InChI=1S/C10H12F3N3O2/c1-6(14)5-15-7-2-3-9(16(17)18)8(4-7)10(11,12)13/h2-4,6,15H,5,14H2,1H3. The third-order valence-corrected chi connectivity index (χ3v) is 2.13. The fourth-order valence-electron chi connectivity index (χ4n) is 1.31. The minimum atomic E-state index is -4.77. The minimum Gasteiger partial charge on any atom is -0.383 e. The van der Waals surface area contributed by atoms with Crippen molar-refractivity contribution in [3.8, 4) is 0 Å². The van der Waals surface area contributed by atoms with Crippen LogP contribution in [0.3, 0.4) is 0 Å². The molecular weight excluding hydrogens is 251 g/mol. The Labute approximate surface area is 101 Å². The zero-order valence-corrected chi connectivity index (χ0v) is 9.49. The number of anilines is 1. The van der Waals surface area contributed by atoms with Crippen molar-refractivity contribution >= 4 is 11.4 Å². The summed E-state index contributed by atoms with van der Waals surface area (Å²) in [7, 11) is 0. The van der Waals surface area contributed by atoms with E-state index in [0.717, 1.165) is 6.07 Å². The molecule has 1 rings (SSSR count). The summed E-state index contributed by atoms with van der Waals surface area (Å²) in [6.45, 7) is 1.96. The highest BCUT2D eigenvalue weighted by atomic mass is 19.4. The molecule has 1 aromatic rings. The summed E-state index contributed by atoms with van der Waals surface area (Å²) < 4.78 is 37.9. The van der Waals surface area contributed by atoms with Crippen molar-refractivity contribution in [2.45, 2.75) is 19.1 Å². The van der Waals surface area contributed by atoms with Crippen LogP contribution >= 0.6 is 0 Å². The van der Waals surface area contributed by atoms with Gasteiger partial charge in [0.2, 0.25) is 0 Å². The number of benzene rings is 1. The van der Waals surface area contributed by atoms with Gasteiger partial charge in [0, 0.05) is 24.3 Å². The van der Waals surface area contributed by atoms with Crippen molar-refractivity contribution in [2.75, 3.05) is 11.9 Å². The maximum atomic E-state index is 12.6. The maximum absolute atomic E-state index is 12.6. The van der Waals surface area contributed by atoms with E-state index in [9.17, 15) is 23.3 Å². The zero-order chi connectivity index (χ0) is 13.9. The van der Waals surface area contributed by atoms with E-state index in [1.807, 2.05) is 0 Å². The molecule has 0 bridgehead atoms. The van der Waals surface area contributed by atoms with Gasteiger partial charge in [-0.2, -0.15) is 13.2 Å². The zero-order valence-electron chi connectivity index (χ0n) is 9.49. The van der Waals surface area contributed by atoms with Crippen LogP contribution in [0.15, 0.2) is 18.2 Å². The van der Waals surface area contributed by atoms with E-state index in [2.05, 4.69) is 5.32 Å². The molecule has 0 heterocycles. The normalized spacial score (nSPS) is 13.2. The highest BCUT2D eigenvalue weighted by Gasteiger charge is 2.38. The molecular formula is C10H12F3N3O2. The number of nitrogens with one attached hydrogen (secondary N) is 1. The lowest BCUT2D eigenvalue weighted by Crippen LogP contribution is -2.25. The number of halogens is 3. The van der Waals surface area contributed by atoms with Crippen LogP contribution in [0.2, 0.25) is 0 Å². The monoisotopic (exact) mass is 263 g/mol. The summed E-state index contributed by atoms with van der Waals surface area (Å²) in [6, 6.07) is 2.51. The highest BCUT2D eigenvalue weighted by molar-refractivity contribution is 5.55. The SMILES string of the molecule is CC(N)CNc1ccc([N+](=O)[O-])c(C(F)(F)F)c1. The Kier molecular flexibility index (Phi) is 4.12. The Bertz CT molecular complexity index is 446. The lowest BCUT2D eigenvalue weighted by molar-refractivity contribution is -0.388. The van der Waals surface area contributed by atoms with Crippen LogP contribution in [-0.4, -0.2) is 17.5 Å². The Balaban J connectivity index is 3.10. The molecule has 100 valence electrons. The van der Waals surface area contributed by atoms with Gasteiger partial charge in [0.25, 0.3) is 5.69 Å². The molecule has 0 radical (unpaired) electrons. The fraction of sp³-hybridized carbons (Fsp3) is 0.400. The van der Waals surface area contributed by atoms with E-state index in [0.29, 0.717) is 6.07 Å². The molecule has 8 heteroatoms. The lowest BCUT2D eigenvalue weighted by atomic mass is 10.1. The predicted molar refractivity (Wildman–Crippen MR) is 60.2 cm³/mol. The lowest BCUT2D eigenvalue weighted by Gasteiger charge is -2.12. The number of hydrogen-bond donors (Lipinski definition) is 2. The van der Waals surface area contributed by atoms with Crippen LogP contribution in [0.1, 0.15) is 12.5 Å². The Hall–Kier alpha value is -1.83. The Morgan fingerprint density at radius 1 is 1.50 bits per heavy atom. The van der Waals surface area contributed by atoms with Gasteiger partial charge in [-0.3, -0.25) is 10.1 Å². The number of hydrogen-bond acceptors (Lipinski definition) is 4.